The molecule has 0 saturated carbocycles. The molecule has 2 aromatic rings. The Kier molecular flexibility index (Phi) is 3.91. The lowest BCUT2D eigenvalue weighted by atomic mass is 9.90. The number of hydrogen-bond acceptors (Lipinski definition) is 3. The van der Waals surface area contributed by atoms with E-state index in [0.29, 0.717) is 0 Å². The Morgan fingerprint density at radius 2 is 1.53 bits per heavy atom. The van der Waals surface area contributed by atoms with Gasteiger partial charge in [-0.15, -0.1) is 0 Å². The summed E-state index contributed by atoms with van der Waals surface area (Å²) in [6, 6.07) is 8.01. The molecular weight excluding hydrogens is 216 g/mol. The number of fused-ring (bicyclic) bond motifs is 1. The molecule has 1 heterocycles. The van der Waals surface area contributed by atoms with Gasteiger partial charge >= 0.3 is 0 Å². The molecule has 0 aliphatic heterocycles. The molecule has 0 amide bonds. The summed E-state index contributed by atoms with van der Waals surface area (Å²) in [6.07, 6.45) is 1.81. The van der Waals surface area contributed by atoms with Crippen LogP contribution < -0.4 is 0 Å². The maximum Gasteiger partial charge on any atom is 0.0872 e. The third kappa shape index (κ3) is 3.84. The number of aromatic amines is 1. The zero-order valence-electron chi connectivity index (χ0n) is 10.7. The molecule has 0 radical (unpaired) electrons. The predicted octanol–water partition coefficient (Wildman–Crippen LogP) is 2.09. The molecule has 0 aliphatic carbocycles. The molecule has 94 valence electrons. The summed E-state index contributed by atoms with van der Waals surface area (Å²) in [4.78, 5) is 0. The quantitative estimate of drug-likeness (QED) is 0.710. The maximum atomic E-state index is 9.10. The Labute approximate surface area is 101 Å². The number of aromatic nitrogens is 2. The topological polar surface area (TPSA) is 69.1 Å². The van der Waals surface area contributed by atoms with E-state index in [1.54, 1.807) is 27.7 Å². The van der Waals surface area contributed by atoms with Crippen LogP contribution in [0.1, 0.15) is 27.7 Å². The first kappa shape index (κ1) is 13.7. The second-order valence-electron chi connectivity index (χ2n) is 5.08. The van der Waals surface area contributed by atoms with Gasteiger partial charge in [0.05, 0.1) is 22.9 Å². The van der Waals surface area contributed by atoms with E-state index in [9.17, 15) is 0 Å². The average Bonchev–Trinajstić information content (AvgIpc) is 2.62. The van der Waals surface area contributed by atoms with E-state index in [1.807, 2.05) is 30.5 Å². The van der Waals surface area contributed by atoms with Crippen molar-refractivity contribution in [3.8, 4) is 0 Å². The fourth-order valence-corrected chi connectivity index (χ4v) is 0.883. The molecule has 1 aromatic carbocycles. The van der Waals surface area contributed by atoms with E-state index in [4.69, 9.17) is 10.2 Å². The van der Waals surface area contributed by atoms with Gasteiger partial charge in [0, 0.05) is 5.39 Å². The van der Waals surface area contributed by atoms with Crippen molar-refractivity contribution in [3.05, 3.63) is 30.5 Å². The van der Waals surface area contributed by atoms with Crippen LogP contribution in [0.2, 0.25) is 0 Å². The molecule has 2 rings (SSSR count). The Morgan fingerprint density at radius 3 is 2.00 bits per heavy atom. The monoisotopic (exact) mass is 236 g/mol. The number of H-pyrrole nitrogens is 1. The predicted molar refractivity (Wildman–Crippen MR) is 68.7 cm³/mol. The maximum absolute atomic E-state index is 9.10. The van der Waals surface area contributed by atoms with Crippen LogP contribution in [0.3, 0.4) is 0 Å². The van der Waals surface area contributed by atoms with Crippen LogP contribution in [0, 0.1) is 0 Å². The van der Waals surface area contributed by atoms with Crippen molar-refractivity contribution < 1.29 is 10.2 Å². The average molecular weight is 236 g/mol. The highest BCUT2D eigenvalue weighted by Crippen LogP contribution is 2.19. The van der Waals surface area contributed by atoms with Crippen LogP contribution in [0.4, 0.5) is 0 Å². The summed E-state index contributed by atoms with van der Waals surface area (Å²) in [5, 5.41) is 26.1. The molecule has 4 nitrogen and oxygen atoms in total. The van der Waals surface area contributed by atoms with Gasteiger partial charge < -0.3 is 10.2 Å². The van der Waals surface area contributed by atoms with Gasteiger partial charge in [-0.2, -0.15) is 5.10 Å². The number of hydrogen-bond donors (Lipinski definition) is 3. The van der Waals surface area contributed by atoms with Gasteiger partial charge in [-0.05, 0) is 33.8 Å². The van der Waals surface area contributed by atoms with E-state index in [-0.39, 0.29) is 0 Å². The van der Waals surface area contributed by atoms with Crippen molar-refractivity contribution in [1.82, 2.24) is 10.2 Å². The van der Waals surface area contributed by atoms with Crippen LogP contribution >= 0.6 is 0 Å². The van der Waals surface area contributed by atoms with Crippen molar-refractivity contribution in [2.24, 2.45) is 0 Å². The van der Waals surface area contributed by atoms with Crippen molar-refractivity contribution in [1.29, 1.82) is 0 Å². The Bertz CT molecular complexity index is 422. The van der Waals surface area contributed by atoms with Crippen molar-refractivity contribution in [3.63, 3.8) is 0 Å². The van der Waals surface area contributed by atoms with Gasteiger partial charge in [-0.3, -0.25) is 5.10 Å². The second-order valence-corrected chi connectivity index (χ2v) is 5.08. The largest absolute Gasteiger partial charge is 0.387 e. The van der Waals surface area contributed by atoms with Crippen molar-refractivity contribution >= 4 is 10.9 Å². The Hall–Kier alpha value is -1.39. The van der Waals surface area contributed by atoms with Gasteiger partial charge in [0.2, 0.25) is 0 Å². The molecule has 0 aliphatic rings. The van der Waals surface area contributed by atoms with E-state index < -0.39 is 11.2 Å². The highest BCUT2D eigenvalue weighted by atomic mass is 16.3. The lowest BCUT2D eigenvalue weighted by Gasteiger charge is -2.31. The third-order valence-corrected chi connectivity index (χ3v) is 2.85. The molecule has 0 atom stereocenters. The van der Waals surface area contributed by atoms with E-state index in [1.165, 1.54) is 0 Å². The fourth-order valence-electron chi connectivity index (χ4n) is 0.883. The van der Waals surface area contributed by atoms with Crippen LogP contribution in [0.25, 0.3) is 10.9 Å². The Morgan fingerprint density at radius 1 is 1.00 bits per heavy atom. The highest BCUT2D eigenvalue weighted by Gasteiger charge is 2.31. The summed E-state index contributed by atoms with van der Waals surface area (Å²) in [7, 11) is 0. The SMILES string of the molecule is CC(C)(O)C(C)(C)O.c1ccc2[nH]ncc2c1. The van der Waals surface area contributed by atoms with Gasteiger partial charge in [0.15, 0.2) is 0 Å². The standard InChI is InChI=1S/C7H6N2.C6H14O2/c1-2-4-7-6(3-1)5-8-9-7;1-5(2,7)6(3,4)8/h1-5H,(H,8,9);7-8H,1-4H3. The second kappa shape index (κ2) is 4.85. The van der Waals surface area contributed by atoms with Crippen molar-refractivity contribution in [2.75, 3.05) is 0 Å². The molecule has 17 heavy (non-hydrogen) atoms. The number of para-hydroxylation sites is 1. The third-order valence-electron chi connectivity index (χ3n) is 2.85. The van der Waals surface area contributed by atoms with Gasteiger partial charge in [-0.25, -0.2) is 0 Å². The van der Waals surface area contributed by atoms with Crippen molar-refractivity contribution in [2.45, 2.75) is 38.9 Å². The normalized spacial score (nSPS) is 12.1. The molecule has 0 bridgehead atoms. The number of nitrogens with one attached hydrogen (secondary N) is 1. The summed E-state index contributed by atoms with van der Waals surface area (Å²) in [5.74, 6) is 0. The minimum absolute atomic E-state index is 1.01. The number of nitrogens with zero attached hydrogens (tertiary/aromatic N) is 1. The molecule has 0 spiro atoms. The first-order valence-electron chi connectivity index (χ1n) is 5.55. The van der Waals surface area contributed by atoms with E-state index in [0.717, 1.165) is 10.9 Å². The Balaban J connectivity index is 0.000000172. The molecule has 0 saturated heterocycles. The molecule has 0 fully saturated rings. The zero-order chi connectivity index (χ0) is 13.1. The first-order valence-corrected chi connectivity index (χ1v) is 5.55. The lowest BCUT2D eigenvalue weighted by molar-refractivity contribution is -0.107. The summed E-state index contributed by atoms with van der Waals surface area (Å²) in [5.41, 5.74) is -0.919. The molecule has 4 heteroatoms. The lowest BCUT2D eigenvalue weighted by Crippen LogP contribution is -2.44. The number of rotatable bonds is 1. The molecule has 1 aromatic heterocycles. The van der Waals surface area contributed by atoms with Crippen LogP contribution in [0.15, 0.2) is 30.5 Å². The molecular formula is C13H20N2O2. The number of aliphatic hydroxyl groups is 2. The van der Waals surface area contributed by atoms with Gasteiger partial charge in [-0.1, -0.05) is 18.2 Å². The van der Waals surface area contributed by atoms with Gasteiger partial charge in [0.1, 0.15) is 0 Å². The summed E-state index contributed by atoms with van der Waals surface area (Å²) in [6.45, 7) is 6.31. The van der Waals surface area contributed by atoms with Gasteiger partial charge in [0.25, 0.3) is 0 Å². The summed E-state index contributed by atoms with van der Waals surface area (Å²) < 4.78 is 0. The van der Waals surface area contributed by atoms with E-state index >= 15 is 0 Å². The van der Waals surface area contributed by atoms with Crippen LogP contribution in [-0.2, 0) is 0 Å². The fraction of sp³-hybridized carbons (Fsp3) is 0.462. The number of benzene rings is 1. The molecule has 0 unspecified atom stereocenters. The zero-order valence-corrected chi connectivity index (χ0v) is 10.7. The van der Waals surface area contributed by atoms with E-state index in [2.05, 4.69) is 10.2 Å². The highest BCUT2D eigenvalue weighted by molar-refractivity contribution is 5.77. The minimum Gasteiger partial charge on any atom is -0.387 e. The summed E-state index contributed by atoms with van der Waals surface area (Å²) >= 11 is 0. The minimum atomic E-state index is -1.01. The van der Waals surface area contributed by atoms with Crippen LogP contribution in [0.5, 0.6) is 0 Å². The first-order chi connectivity index (χ1) is 7.72. The molecule has 3 N–H and O–H groups in total. The smallest absolute Gasteiger partial charge is 0.0872 e. The van der Waals surface area contributed by atoms with Crippen LogP contribution in [-0.4, -0.2) is 31.6 Å².